The Hall–Kier alpha value is -1.16. The molecule has 0 atom stereocenters. The molecule has 3 nitrogen and oxygen atoms in total. The first-order valence-corrected chi connectivity index (χ1v) is 4.91. The average molecular weight is 198 g/mol. The molecule has 1 aromatic carbocycles. The first-order chi connectivity index (χ1) is 6.24. The van der Waals surface area contributed by atoms with Crippen molar-refractivity contribution in [2.45, 2.75) is 5.75 Å². The van der Waals surface area contributed by atoms with Crippen molar-refractivity contribution >= 4 is 18.0 Å². The zero-order chi connectivity index (χ0) is 9.68. The molecule has 0 aromatic heterocycles. The number of phenolic OH excluding ortho intramolecular Hbond substituents is 2. The summed E-state index contributed by atoms with van der Waals surface area (Å²) < 4.78 is 0. The van der Waals surface area contributed by atoms with E-state index in [4.69, 9.17) is 5.11 Å². The zero-order valence-electron chi connectivity index (χ0n) is 6.93. The molecule has 0 saturated heterocycles. The smallest absolute Gasteiger partial charge is 0.129 e. The van der Waals surface area contributed by atoms with E-state index in [0.29, 0.717) is 17.1 Å². The van der Waals surface area contributed by atoms with Crippen LogP contribution < -0.4 is 0 Å². The van der Waals surface area contributed by atoms with Gasteiger partial charge in [-0.15, -0.1) is 11.8 Å². The summed E-state index contributed by atoms with van der Waals surface area (Å²) in [4.78, 5) is 10.0. The van der Waals surface area contributed by atoms with Crippen molar-refractivity contribution in [3.63, 3.8) is 0 Å². The highest BCUT2D eigenvalue weighted by atomic mass is 32.2. The van der Waals surface area contributed by atoms with Gasteiger partial charge < -0.3 is 15.0 Å². The van der Waals surface area contributed by atoms with Crippen molar-refractivity contribution in [1.82, 2.24) is 0 Å². The molecule has 4 heteroatoms. The highest BCUT2D eigenvalue weighted by molar-refractivity contribution is 7.99. The number of benzene rings is 1. The molecule has 70 valence electrons. The van der Waals surface area contributed by atoms with Crippen LogP contribution in [0.3, 0.4) is 0 Å². The number of hydrogen-bond acceptors (Lipinski definition) is 4. The maximum Gasteiger partial charge on any atom is 0.129 e. The van der Waals surface area contributed by atoms with Crippen LogP contribution in [0.2, 0.25) is 0 Å². The molecule has 0 fully saturated rings. The lowest BCUT2D eigenvalue weighted by Crippen LogP contribution is -1.84. The molecule has 0 heterocycles. The lowest BCUT2D eigenvalue weighted by molar-refractivity contribution is -0.105. The third-order valence-corrected chi connectivity index (χ3v) is 2.39. The van der Waals surface area contributed by atoms with Gasteiger partial charge >= 0.3 is 0 Å². The fourth-order valence-corrected chi connectivity index (χ4v) is 1.57. The Morgan fingerprint density at radius 3 is 2.85 bits per heavy atom. The lowest BCUT2D eigenvalue weighted by atomic mass is 10.2. The third kappa shape index (κ3) is 2.99. The van der Waals surface area contributed by atoms with Gasteiger partial charge in [-0.25, -0.2) is 0 Å². The van der Waals surface area contributed by atoms with E-state index < -0.39 is 0 Å². The summed E-state index contributed by atoms with van der Waals surface area (Å²) in [6.45, 7) is 0. The van der Waals surface area contributed by atoms with E-state index in [2.05, 4.69) is 0 Å². The Labute approximate surface area is 80.4 Å². The standard InChI is InChI=1S/C9H10O3S/c10-3-4-13-6-7-5-8(11)1-2-9(7)12/h1-3,5,11-12H,4,6H2. The highest BCUT2D eigenvalue weighted by Gasteiger charge is 2.01. The van der Waals surface area contributed by atoms with Crippen molar-refractivity contribution in [1.29, 1.82) is 0 Å². The summed E-state index contributed by atoms with van der Waals surface area (Å²) in [6.07, 6.45) is 0.810. The number of thioether (sulfide) groups is 1. The minimum Gasteiger partial charge on any atom is -0.508 e. The Bertz CT molecular complexity index is 299. The van der Waals surface area contributed by atoms with Crippen molar-refractivity contribution in [2.75, 3.05) is 5.75 Å². The maximum atomic E-state index is 10.0. The Balaban J connectivity index is 2.64. The molecule has 1 aromatic rings. The zero-order valence-corrected chi connectivity index (χ0v) is 7.75. The molecule has 0 aliphatic heterocycles. The summed E-state index contributed by atoms with van der Waals surface area (Å²) in [5.74, 6) is 1.20. The molecule has 0 spiro atoms. The Morgan fingerprint density at radius 1 is 1.38 bits per heavy atom. The second kappa shape index (κ2) is 4.77. The van der Waals surface area contributed by atoms with Gasteiger partial charge in [-0.1, -0.05) is 0 Å². The van der Waals surface area contributed by atoms with Gasteiger partial charge in [-0.05, 0) is 18.2 Å². The van der Waals surface area contributed by atoms with Crippen molar-refractivity contribution < 1.29 is 15.0 Å². The van der Waals surface area contributed by atoms with E-state index in [0.717, 1.165) is 6.29 Å². The minimum absolute atomic E-state index is 0.125. The predicted molar refractivity (Wildman–Crippen MR) is 52.0 cm³/mol. The van der Waals surface area contributed by atoms with Gasteiger partial charge in [0.2, 0.25) is 0 Å². The number of rotatable bonds is 4. The van der Waals surface area contributed by atoms with Crippen LogP contribution in [0.15, 0.2) is 18.2 Å². The number of carbonyl (C=O) groups excluding carboxylic acids is 1. The van der Waals surface area contributed by atoms with Crippen molar-refractivity contribution in [3.8, 4) is 11.5 Å². The first kappa shape index (κ1) is 9.92. The monoisotopic (exact) mass is 198 g/mol. The summed E-state index contributed by atoms with van der Waals surface area (Å²) in [5, 5.41) is 18.4. The Morgan fingerprint density at radius 2 is 2.15 bits per heavy atom. The molecule has 0 unspecified atom stereocenters. The van der Waals surface area contributed by atoms with Gasteiger partial charge in [0.1, 0.15) is 17.8 Å². The van der Waals surface area contributed by atoms with Crippen molar-refractivity contribution in [2.24, 2.45) is 0 Å². The summed E-state index contributed by atoms with van der Waals surface area (Å²) >= 11 is 1.39. The molecule has 1 rings (SSSR count). The van der Waals surface area contributed by atoms with E-state index in [1.165, 1.54) is 30.0 Å². The molecule has 13 heavy (non-hydrogen) atoms. The number of phenols is 2. The average Bonchev–Trinajstić information content (AvgIpc) is 2.11. The normalized spacial score (nSPS) is 9.85. The van der Waals surface area contributed by atoms with Gasteiger partial charge in [-0.3, -0.25) is 0 Å². The minimum atomic E-state index is 0.125. The predicted octanol–water partition coefficient (Wildman–Crippen LogP) is 1.53. The van der Waals surface area contributed by atoms with Gasteiger partial charge in [0.05, 0.1) is 0 Å². The maximum absolute atomic E-state index is 10.0. The summed E-state index contributed by atoms with van der Waals surface area (Å²) in [7, 11) is 0. The second-order valence-electron chi connectivity index (χ2n) is 2.49. The fourth-order valence-electron chi connectivity index (χ4n) is 0.905. The van der Waals surface area contributed by atoms with E-state index in [1.54, 1.807) is 0 Å². The number of aromatic hydroxyl groups is 2. The van der Waals surface area contributed by atoms with Gasteiger partial charge in [0, 0.05) is 17.1 Å². The molecule has 0 saturated carbocycles. The van der Waals surface area contributed by atoms with E-state index >= 15 is 0 Å². The number of hydrogen-bond donors (Lipinski definition) is 2. The molecule has 0 amide bonds. The van der Waals surface area contributed by atoms with Gasteiger partial charge in [-0.2, -0.15) is 0 Å². The van der Waals surface area contributed by atoms with Crippen LogP contribution in [0.25, 0.3) is 0 Å². The van der Waals surface area contributed by atoms with Crippen LogP contribution >= 0.6 is 11.8 Å². The summed E-state index contributed by atoms with van der Waals surface area (Å²) in [6, 6.07) is 4.35. The van der Waals surface area contributed by atoms with E-state index in [1.807, 2.05) is 0 Å². The van der Waals surface area contributed by atoms with Crippen LogP contribution in [0, 0.1) is 0 Å². The molecular formula is C9H10O3S. The van der Waals surface area contributed by atoms with E-state index in [9.17, 15) is 9.90 Å². The largest absolute Gasteiger partial charge is 0.508 e. The highest BCUT2D eigenvalue weighted by Crippen LogP contribution is 2.25. The van der Waals surface area contributed by atoms with Crippen LogP contribution in [0.4, 0.5) is 0 Å². The van der Waals surface area contributed by atoms with Crippen LogP contribution in [-0.4, -0.2) is 22.3 Å². The third-order valence-electron chi connectivity index (χ3n) is 1.51. The second-order valence-corrected chi connectivity index (χ2v) is 3.53. The quantitative estimate of drug-likeness (QED) is 0.437. The van der Waals surface area contributed by atoms with Gasteiger partial charge in [0.25, 0.3) is 0 Å². The molecule has 0 aliphatic carbocycles. The SMILES string of the molecule is O=CCSCc1cc(O)ccc1O. The first-order valence-electron chi connectivity index (χ1n) is 3.76. The van der Waals surface area contributed by atoms with E-state index in [-0.39, 0.29) is 11.5 Å². The molecule has 0 bridgehead atoms. The number of aldehydes is 1. The van der Waals surface area contributed by atoms with Crippen LogP contribution in [0.5, 0.6) is 11.5 Å². The van der Waals surface area contributed by atoms with Crippen molar-refractivity contribution in [3.05, 3.63) is 23.8 Å². The van der Waals surface area contributed by atoms with Crippen LogP contribution in [-0.2, 0) is 10.5 Å². The summed E-state index contributed by atoms with van der Waals surface area (Å²) in [5.41, 5.74) is 0.645. The lowest BCUT2D eigenvalue weighted by Gasteiger charge is -2.02. The fraction of sp³-hybridized carbons (Fsp3) is 0.222. The molecular weight excluding hydrogens is 188 g/mol. The molecule has 0 radical (unpaired) electrons. The molecule has 0 aliphatic rings. The van der Waals surface area contributed by atoms with Gasteiger partial charge in [0.15, 0.2) is 0 Å². The Kier molecular flexibility index (Phi) is 3.64. The molecule has 2 N–H and O–H groups in total. The topological polar surface area (TPSA) is 57.5 Å². The number of carbonyl (C=O) groups is 1. The van der Waals surface area contributed by atoms with Crippen LogP contribution in [0.1, 0.15) is 5.56 Å².